The van der Waals surface area contributed by atoms with E-state index >= 15 is 0 Å². The Morgan fingerprint density at radius 2 is 1.80 bits per heavy atom. The zero-order valence-electron chi connectivity index (χ0n) is 19.4. The van der Waals surface area contributed by atoms with E-state index in [2.05, 4.69) is 0 Å². The van der Waals surface area contributed by atoms with Gasteiger partial charge in [0.15, 0.2) is 0 Å². The summed E-state index contributed by atoms with van der Waals surface area (Å²) in [7, 11) is 0. The van der Waals surface area contributed by atoms with Crippen molar-refractivity contribution in [3.8, 4) is 6.07 Å². The summed E-state index contributed by atoms with van der Waals surface area (Å²) in [5.74, 6) is -0.653. The van der Waals surface area contributed by atoms with Crippen molar-refractivity contribution in [1.82, 2.24) is 4.90 Å². The summed E-state index contributed by atoms with van der Waals surface area (Å²) in [6, 6.07) is 11.8. The molecular weight excluding hydrogens is 457 g/mol. The van der Waals surface area contributed by atoms with Crippen molar-refractivity contribution in [2.24, 2.45) is 11.1 Å². The minimum atomic E-state index is -4.69. The SMILES string of the molecule is CCc1ccc(C(=O)N2CCC3(CC2)CC(C(N)=O)N(c2ccc(C#N)c(C(F)(F)F)c2)C3)cc1. The van der Waals surface area contributed by atoms with Crippen LogP contribution >= 0.6 is 0 Å². The maximum absolute atomic E-state index is 13.5. The number of rotatable bonds is 4. The monoisotopic (exact) mass is 484 g/mol. The third kappa shape index (κ3) is 4.83. The first-order valence-corrected chi connectivity index (χ1v) is 11.6. The van der Waals surface area contributed by atoms with Crippen molar-refractivity contribution in [3.63, 3.8) is 0 Å². The molecule has 0 aliphatic carbocycles. The molecule has 1 unspecified atom stereocenters. The molecule has 2 aromatic carbocycles. The Morgan fingerprint density at radius 1 is 1.14 bits per heavy atom. The molecule has 184 valence electrons. The van der Waals surface area contributed by atoms with Crippen molar-refractivity contribution in [1.29, 1.82) is 5.26 Å². The van der Waals surface area contributed by atoms with Gasteiger partial charge in [0, 0.05) is 30.9 Å². The van der Waals surface area contributed by atoms with Crippen molar-refractivity contribution in [3.05, 3.63) is 64.7 Å². The molecule has 2 N–H and O–H groups in total. The fraction of sp³-hybridized carbons (Fsp3) is 0.423. The maximum atomic E-state index is 13.5. The van der Waals surface area contributed by atoms with E-state index in [0.717, 1.165) is 24.1 Å². The molecule has 1 spiro atoms. The Kier molecular flexibility index (Phi) is 6.50. The number of aryl methyl sites for hydroxylation is 1. The number of carbonyl (C=O) groups excluding carboxylic acids is 2. The second-order valence-electron chi connectivity index (χ2n) is 9.43. The van der Waals surface area contributed by atoms with E-state index in [4.69, 9.17) is 11.0 Å². The summed E-state index contributed by atoms with van der Waals surface area (Å²) >= 11 is 0. The summed E-state index contributed by atoms with van der Waals surface area (Å²) in [6.45, 7) is 3.40. The molecule has 0 aromatic heterocycles. The largest absolute Gasteiger partial charge is 0.417 e. The number of nitrogens with two attached hydrogens (primary N) is 1. The third-order valence-electron chi connectivity index (χ3n) is 7.32. The highest BCUT2D eigenvalue weighted by Gasteiger charge is 2.48. The second-order valence-corrected chi connectivity index (χ2v) is 9.43. The number of nitriles is 1. The number of amides is 2. The normalized spacial score (nSPS) is 19.6. The van der Waals surface area contributed by atoms with E-state index in [1.807, 2.05) is 31.2 Å². The molecule has 9 heteroatoms. The van der Waals surface area contributed by atoms with Gasteiger partial charge in [-0.2, -0.15) is 18.4 Å². The zero-order valence-corrected chi connectivity index (χ0v) is 19.4. The lowest BCUT2D eigenvalue weighted by Crippen LogP contribution is -2.44. The van der Waals surface area contributed by atoms with Gasteiger partial charge >= 0.3 is 6.18 Å². The number of hydrogen-bond donors (Lipinski definition) is 1. The quantitative estimate of drug-likeness (QED) is 0.707. The maximum Gasteiger partial charge on any atom is 0.417 e. The number of likely N-dealkylation sites (tertiary alicyclic amines) is 1. The molecule has 0 saturated carbocycles. The summed E-state index contributed by atoms with van der Waals surface area (Å²) in [5.41, 5.74) is 5.80. The Morgan fingerprint density at radius 3 is 2.34 bits per heavy atom. The van der Waals surface area contributed by atoms with Gasteiger partial charge in [0.2, 0.25) is 5.91 Å². The molecule has 0 radical (unpaired) electrons. The van der Waals surface area contributed by atoms with Crippen LogP contribution < -0.4 is 10.6 Å². The zero-order chi connectivity index (χ0) is 25.4. The first kappa shape index (κ1) is 24.6. The molecule has 2 aliphatic heterocycles. The molecule has 2 aliphatic rings. The molecule has 6 nitrogen and oxygen atoms in total. The van der Waals surface area contributed by atoms with Crippen molar-refractivity contribution in [2.75, 3.05) is 24.5 Å². The summed E-state index contributed by atoms with van der Waals surface area (Å²) < 4.78 is 40.5. The van der Waals surface area contributed by atoms with Crippen LogP contribution in [-0.2, 0) is 17.4 Å². The van der Waals surface area contributed by atoms with E-state index in [-0.39, 0.29) is 17.0 Å². The fourth-order valence-corrected chi connectivity index (χ4v) is 5.24. The second kappa shape index (κ2) is 9.25. The average Bonchev–Trinajstić information content (AvgIpc) is 3.22. The van der Waals surface area contributed by atoms with E-state index in [9.17, 15) is 22.8 Å². The molecule has 2 fully saturated rings. The highest BCUT2D eigenvalue weighted by atomic mass is 19.4. The first-order chi connectivity index (χ1) is 16.6. The number of halogens is 3. The van der Waals surface area contributed by atoms with Crippen LogP contribution in [0.5, 0.6) is 0 Å². The van der Waals surface area contributed by atoms with Crippen molar-refractivity contribution in [2.45, 2.75) is 44.8 Å². The van der Waals surface area contributed by atoms with Crippen LogP contribution in [0.1, 0.15) is 53.2 Å². The number of piperidine rings is 1. The standard InChI is InChI=1S/C26H27F3N4O2/c1-2-17-3-5-18(6-4-17)24(35)32-11-9-25(10-12-32)14-22(23(31)34)33(16-25)20-8-7-19(15-30)21(13-20)26(27,28)29/h3-8,13,22H,2,9-12,14,16H2,1H3,(H2,31,34). The van der Waals surface area contributed by atoms with Crippen LogP contribution in [-0.4, -0.2) is 42.4 Å². The van der Waals surface area contributed by atoms with Gasteiger partial charge in [-0.3, -0.25) is 9.59 Å². The molecule has 2 saturated heterocycles. The summed E-state index contributed by atoms with van der Waals surface area (Å²) in [5, 5.41) is 9.09. The molecule has 1 atom stereocenters. The van der Waals surface area contributed by atoms with Crippen LogP contribution in [0.2, 0.25) is 0 Å². The van der Waals surface area contributed by atoms with E-state index in [1.54, 1.807) is 15.9 Å². The van der Waals surface area contributed by atoms with Gasteiger partial charge in [0.05, 0.1) is 17.2 Å². The molecule has 2 aromatic rings. The lowest BCUT2D eigenvalue weighted by Gasteiger charge is -2.39. The Hall–Kier alpha value is -3.54. The number of hydrogen-bond acceptors (Lipinski definition) is 4. The summed E-state index contributed by atoms with van der Waals surface area (Å²) in [6.07, 6.45) is -2.15. The van der Waals surface area contributed by atoms with Crippen LogP contribution in [0, 0.1) is 16.7 Å². The third-order valence-corrected chi connectivity index (χ3v) is 7.32. The Labute approximate surface area is 202 Å². The highest BCUT2D eigenvalue weighted by molar-refractivity contribution is 5.94. The van der Waals surface area contributed by atoms with Gasteiger partial charge in [-0.25, -0.2) is 0 Å². The van der Waals surface area contributed by atoms with Gasteiger partial charge in [-0.05, 0) is 67.0 Å². The predicted molar refractivity (Wildman–Crippen MR) is 124 cm³/mol. The van der Waals surface area contributed by atoms with Crippen molar-refractivity contribution >= 4 is 17.5 Å². The van der Waals surface area contributed by atoms with Crippen LogP contribution in [0.3, 0.4) is 0 Å². The number of anilines is 1. The van der Waals surface area contributed by atoms with Crippen LogP contribution in [0.15, 0.2) is 42.5 Å². The number of nitrogens with zero attached hydrogens (tertiary/aromatic N) is 3. The molecule has 4 rings (SSSR count). The average molecular weight is 485 g/mol. The highest BCUT2D eigenvalue weighted by Crippen LogP contribution is 2.46. The van der Waals surface area contributed by atoms with Gasteiger partial charge in [-0.15, -0.1) is 0 Å². The predicted octanol–water partition coefficient (Wildman–Crippen LogP) is 4.13. The summed E-state index contributed by atoms with van der Waals surface area (Å²) in [4.78, 5) is 28.6. The van der Waals surface area contributed by atoms with Crippen molar-refractivity contribution < 1.29 is 22.8 Å². The van der Waals surface area contributed by atoms with E-state index in [0.29, 0.717) is 44.5 Å². The Balaban J connectivity index is 1.52. The molecular formula is C26H27F3N4O2. The molecule has 2 heterocycles. The van der Waals surface area contributed by atoms with E-state index in [1.165, 1.54) is 6.07 Å². The van der Waals surface area contributed by atoms with Gasteiger partial charge in [-0.1, -0.05) is 19.1 Å². The van der Waals surface area contributed by atoms with Crippen LogP contribution in [0.4, 0.5) is 18.9 Å². The molecule has 35 heavy (non-hydrogen) atoms. The molecule has 2 amide bonds. The smallest absolute Gasteiger partial charge is 0.368 e. The topological polar surface area (TPSA) is 90.4 Å². The fourth-order valence-electron chi connectivity index (χ4n) is 5.24. The molecule has 0 bridgehead atoms. The number of primary amides is 1. The Bertz CT molecular complexity index is 1160. The van der Waals surface area contributed by atoms with Gasteiger partial charge in [0.1, 0.15) is 6.04 Å². The first-order valence-electron chi connectivity index (χ1n) is 11.6. The van der Waals surface area contributed by atoms with Gasteiger partial charge < -0.3 is 15.5 Å². The lowest BCUT2D eigenvalue weighted by molar-refractivity contribution is -0.137. The minimum absolute atomic E-state index is 0.0503. The lowest BCUT2D eigenvalue weighted by atomic mass is 9.76. The van der Waals surface area contributed by atoms with Crippen LogP contribution in [0.25, 0.3) is 0 Å². The van der Waals surface area contributed by atoms with E-state index < -0.39 is 29.3 Å². The minimum Gasteiger partial charge on any atom is -0.368 e. The number of benzene rings is 2. The number of alkyl halides is 3. The number of carbonyl (C=O) groups is 2. The van der Waals surface area contributed by atoms with Gasteiger partial charge in [0.25, 0.3) is 5.91 Å².